The maximum Gasteiger partial charge on any atom is 0.418 e. The fraction of sp³-hybridized carbons (Fsp3) is 0.308. The lowest BCUT2D eigenvalue weighted by Crippen LogP contribution is -2.26. The van der Waals surface area contributed by atoms with E-state index in [1.807, 2.05) is 39.0 Å². The van der Waals surface area contributed by atoms with E-state index in [9.17, 15) is 4.79 Å². The summed E-state index contributed by atoms with van der Waals surface area (Å²) in [6.07, 6.45) is 1.32. The third-order valence-electron chi connectivity index (χ3n) is 2.30. The third-order valence-corrected chi connectivity index (χ3v) is 2.30. The average Bonchev–Trinajstić information content (AvgIpc) is 2.57. The smallest absolute Gasteiger partial charge is 0.418 e. The Bertz CT molecular complexity index is 564. The number of benzene rings is 1. The highest BCUT2D eigenvalue weighted by Crippen LogP contribution is 2.20. The van der Waals surface area contributed by atoms with E-state index in [1.165, 1.54) is 4.57 Å². The Balaban J connectivity index is 2.40. The summed E-state index contributed by atoms with van der Waals surface area (Å²) in [5.41, 5.74) is 6.67. The molecule has 1 aromatic heterocycles. The number of carbonyl (C=O) groups excluding carboxylic acids is 1. The molecule has 0 saturated carbocycles. The first-order valence-corrected chi connectivity index (χ1v) is 5.47. The van der Waals surface area contributed by atoms with Crippen LogP contribution in [0.15, 0.2) is 30.5 Å². The molecule has 0 saturated heterocycles. The number of carbonyl (C=O) groups is 1. The summed E-state index contributed by atoms with van der Waals surface area (Å²) in [6, 6.07) is 7.25. The van der Waals surface area contributed by atoms with E-state index < -0.39 is 5.60 Å². The molecular weight excluding hydrogens is 216 g/mol. The van der Waals surface area contributed by atoms with Crippen LogP contribution in [0.1, 0.15) is 20.8 Å². The van der Waals surface area contributed by atoms with Crippen molar-refractivity contribution in [2.75, 3.05) is 5.73 Å². The molecule has 2 N–H and O–H groups in total. The van der Waals surface area contributed by atoms with Crippen LogP contribution in [-0.2, 0) is 4.74 Å². The Morgan fingerprint density at radius 2 is 2.00 bits per heavy atom. The van der Waals surface area contributed by atoms with Gasteiger partial charge >= 0.3 is 6.09 Å². The topological polar surface area (TPSA) is 57.2 Å². The van der Waals surface area contributed by atoms with Gasteiger partial charge in [0.25, 0.3) is 0 Å². The normalized spacial score (nSPS) is 11.7. The lowest BCUT2D eigenvalue weighted by molar-refractivity contribution is 0.0544. The summed E-state index contributed by atoms with van der Waals surface area (Å²) < 4.78 is 6.80. The Morgan fingerprint density at radius 3 is 2.65 bits per heavy atom. The van der Waals surface area contributed by atoms with Gasteiger partial charge in [-0.05, 0) is 45.0 Å². The number of aromatic nitrogens is 1. The Labute approximate surface area is 100.0 Å². The lowest BCUT2D eigenvalue weighted by atomic mass is 10.2. The molecule has 2 rings (SSSR count). The van der Waals surface area contributed by atoms with E-state index in [1.54, 1.807) is 12.3 Å². The molecule has 0 atom stereocenters. The van der Waals surface area contributed by atoms with Crippen molar-refractivity contribution in [3.05, 3.63) is 30.5 Å². The van der Waals surface area contributed by atoms with Gasteiger partial charge in [0.15, 0.2) is 0 Å². The van der Waals surface area contributed by atoms with Crippen LogP contribution < -0.4 is 5.73 Å². The van der Waals surface area contributed by atoms with E-state index in [-0.39, 0.29) is 6.09 Å². The van der Waals surface area contributed by atoms with Crippen LogP contribution in [0.5, 0.6) is 0 Å². The van der Waals surface area contributed by atoms with Crippen molar-refractivity contribution in [3.63, 3.8) is 0 Å². The summed E-state index contributed by atoms with van der Waals surface area (Å²) in [5, 5.41) is 0.927. The molecule has 0 bridgehead atoms. The van der Waals surface area contributed by atoms with E-state index in [0.717, 1.165) is 10.9 Å². The molecule has 2 aromatic rings. The van der Waals surface area contributed by atoms with Crippen LogP contribution in [0.25, 0.3) is 10.9 Å². The SMILES string of the molecule is CC(C)(C)OC(=O)n1ccc2cc(N)ccc21. The maximum absolute atomic E-state index is 11.9. The van der Waals surface area contributed by atoms with Crippen LogP contribution in [0, 0.1) is 0 Å². The predicted octanol–water partition coefficient (Wildman–Crippen LogP) is 3.01. The van der Waals surface area contributed by atoms with Gasteiger partial charge in [-0.1, -0.05) is 0 Å². The second-order valence-corrected chi connectivity index (χ2v) is 4.98. The molecule has 0 aliphatic heterocycles. The van der Waals surface area contributed by atoms with Gasteiger partial charge in [0, 0.05) is 17.3 Å². The van der Waals surface area contributed by atoms with E-state index in [4.69, 9.17) is 10.5 Å². The summed E-state index contributed by atoms with van der Waals surface area (Å²) in [4.78, 5) is 11.9. The monoisotopic (exact) mass is 232 g/mol. The van der Waals surface area contributed by atoms with Crippen molar-refractivity contribution in [1.29, 1.82) is 0 Å². The van der Waals surface area contributed by atoms with Gasteiger partial charge in [-0.25, -0.2) is 4.79 Å². The average molecular weight is 232 g/mol. The van der Waals surface area contributed by atoms with Crippen molar-refractivity contribution in [3.8, 4) is 0 Å². The zero-order valence-electron chi connectivity index (χ0n) is 10.2. The number of nitrogens with two attached hydrogens (primary N) is 1. The fourth-order valence-corrected chi connectivity index (χ4v) is 1.63. The quantitative estimate of drug-likeness (QED) is 0.710. The number of hydrogen-bond donors (Lipinski definition) is 1. The molecule has 1 heterocycles. The van der Waals surface area contributed by atoms with Crippen molar-refractivity contribution >= 4 is 22.7 Å². The molecule has 0 unspecified atom stereocenters. The van der Waals surface area contributed by atoms with Gasteiger partial charge in [-0.3, -0.25) is 4.57 Å². The number of fused-ring (bicyclic) bond motifs is 1. The first kappa shape index (κ1) is 11.5. The van der Waals surface area contributed by atoms with Crippen LogP contribution in [0.3, 0.4) is 0 Å². The minimum atomic E-state index is -0.499. The fourth-order valence-electron chi connectivity index (χ4n) is 1.63. The highest BCUT2D eigenvalue weighted by Gasteiger charge is 2.18. The second kappa shape index (κ2) is 3.80. The van der Waals surface area contributed by atoms with Crippen molar-refractivity contribution in [2.45, 2.75) is 26.4 Å². The van der Waals surface area contributed by atoms with Gasteiger partial charge < -0.3 is 10.5 Å². The molecule has 4 heteroatoms. The molecule has 0 fully saturated rings. The Hall–Kier alpha value is -1.97. The first-order chi connectivity index (χ1) is 7.87. The zero-order valence-corrected chi connectivity index (χ0v) is 10.2. The van der Waals surface area contributed by atoms with Crippen molar-refractivity contribution in [1.82, 2.24) is 4.57 Å². The highest BCUT2D eigenvalue weighted by molar-refractivity contribution is 5.91. The molecule has 0 aliphatic carbocycles. The predicted molar refractivity (Wildman–Crippen MR) is 68.0 cm³/mol. The van der Waals surface area contributed by atoms with Gasteiger partial charge in [-0.15, -0.1) is 0 Å². The number of hydrogen-bond acceptors (Lipinski definition) is 3. The summed E-state index contributed by atoms with van der Waals surface area (Å²) >= 11 is 0. The van der Waals surface area contributed by atoms with Crippen LogP contribution in [-0.4, -0.2) is 16.3 Å². The van der Waals surface area contributed by atoms with Gasteiger partial charge in [0.1, 0.15) is 5.60 Å². The second-order valence-electron chi connectivity index (χ2n) is 4.98. The summed E-state index contributed by atoms with van der Waals surface area (Å²) in [6.45, 7) is 5.53. The minimum Gasteiger partial charge on any atom is -0.443 e. The zero-order chi connectivity index (χ0) is 12.6. The molecule has 17 heavy (non-hydrogen) atoms. The van der Waals surface area contributed by atoms with E-state index in [2.05, 4.69) is 0 Å². The third kappa shape index (κ3) is 2.41. The summed E-state index contributed by atoms with van der Waals surface area (Å²) in [5.74, 6) is 0. The van der Waals surface area contributed by atoms with Crippen LogP contribution in [0.4, 0.5) is 10.5 Å². The number of rotatable bonds is 0. The molecule has 0 aliphatic rings. The van der Waals surface area contributed by atoms with Crippen molar-refractivity contribution < 1.29 is 9.53 Å². The number of ether oxygens (including phenoxy) is 1. The Kier molecular flexibility index (Phi) is 2.58. The first-order valence-electron chi connectivity index (χ1n) is 5.47. The maximum atomic E-state index is 11.9. The Morgan fingerprint density at radius 1 is 1.29 bits per heavy atom. The number of nitrogen functional groups attached to an aromatic ring is 1. The van der Waals surface area contributed by atoms with Gasteiger partial charge in [0.05, 0.1) is 5.52 Å². The molecule has 0 amide bonds. The van der Waals surface area contributed by atoms with Crippen LogP contribution in [0.2, 0.25) is 0 Å². The van der Waals surface area contributed by atoms with E-state index >= 15 is 0 Å². The molecule has 1 aromatic carbocycles. The largest absolute Gasteiger partial charge is 0.443 e. The number of anilines is 1. The van der Waals surface area contributed by atoms with Gasteiger partial charge in [0.2, 0.25) is 0 Å². The highest BCUT2D eigenvalue weighted by atomic mass is 16.6. The minimum absolute atomic E-state index is 0.378. The lowest BCUT2D eigenvalue weighted by Gasteiger charge is -2.19. The molecule has 4 nitrogen and oxygen atoms in total. The van der Waals surface area contributed by atoms with Crippen LogP contribution >= 0.6 is 0 Å². The molecule has 0 spiro atoms. The van der Waals surface area contributed by atoms with Gasteiger partial charge in [-0.2, -0.15) is 0 Å². The molecular formula is C13H16N2O2. The molecule has 0 radical (unpaired) electrons. The summed E-state index contributed by atoms with van der Waals surface area (Å²) in [7, 11) is 0. The van der Waals surface area contributed by atoms with E-state index in [0.29, 0.717) is 5.69 Å². The van der Waals surface area contributed by atoms with Crippen molar-refractivity contribution in [2.24, 2.45) is 0 Å². The standard InChI is InChI=1S/C13H16N2O2/c1-13(2,3)17-12(16)15-7-6-9-8-10(14)4-5-11(9)15/h4-8H,14H2,1-3H3. The number of nitrogens with zero attached hydrogens (tertiary/aromatic N) is 1. The molecule has 90 valence electrons.